The molecule has 3 N–H and O–H groups in total. The first-order valence-electron chi connectivity index (χ1n) is 9.26. The number of fused-ring (bicyclic) bond motifs is 1. The molecule has 0 saturated heterocycles. The molecule has 2 aromatic carbocycles. The molecule has 0 radical (unpaired) electrons. The van der Waals surface area contributed by atoms with Gasteiger partial charge in [0.25, 0.3) is 5.56 Å². The van der Waals surface area contributed by atoms with E-state index in [0.29, 0.717) is 39.0 Å². The van der Waals surface area contributed by atoms with Crippen molar-refractivity contribution in [2.45, 2.75) is 17.5 Å². The Morgan fingerprint density at radius 1 is 1.22 bits per heavy atom. The van der Waals surface area contributed by atoms with E-state index in [1.165, 1.54) is 66.0 Å². The third-order valence-corrected chi connectivity index (χ3v) is 5.39. The average molecular weight is 456 g/mol. The van der Waals surface area contributed by atoms with Gasteiger partial charge < -0.3 is 20.3 Å². The number of H-pyrrole nitrogens is 1. The van der Waals surface area contributed by atoms with Crippen molar-refractivity contribution in [3.8, 4) is 5.75 Å². The van der Waals surface area contributed by atoms with Crippen molar-refractivity contribution in [1.82, 2.24) is 24.8 Å². The highest BCUT2D eigenvalue weighted by atomic mass is 32.2. The molecule has 164 valence electrons. The first-order valence-corrected chi connectivity index (χ1v) is 10.2. The van der Waals surface area contributed by atoms with Crippen molar-refractivity contribution in [2.24, 2.45) is 0 Å². The number of thioether (sulfide) groups is 1. The fraction of sp³-hybridized carbons (Fsp3) is 0.150. The second kappa shape index (κ2) is 9.06. The third kappa shape index (κ3) is 4.54. The predicted octanol–water partition coefficient (Wildman–Crippen LogP) is 2.03. The van der Waals surface area contributed by atoms with Gasteiger partial charge in [0, 0.05) is 0 Å². The molecule has 0 fully saturated rings. The first-order chi connectivity index (χ1) is 15.4. The summed E-state index contributed by atoms with van der Waals surface area (Å²) in [5, 5.41) is 8.75. The van der Waals surface area contributed by atoms with Gasteiger partial charge in [0.15, 0.2) is 5.82 Å². The number of halogens is 1. The Morgan fingerprint density at radius 3 is 2.75 bits per heavy atom. The van der Waals surface area contributed by atoms with E-state index < -0.39 is 5.97 Å². The SMILES string of the molecule is COC(=O)c1ccc2c(=O)[nH]c(CSc3nnc(COc4ccc(F)cc4)n3N)nc2c1. The monoisotopic (exact) mass is 456 g/mol. The van der Waals surface area contributed by atoms with Gasteiger partial charge in [-0.15, -0.1) is 10.2 Å². The molecule has 2 aromatic heterocycles. The van der Waals surface area contributed by atoms with E-state index in [0.717, 1.165) is 0 Å². The van der Waals surface area contributed by atoms with Crippen LogP contribution in [0, 0.1) is 5.82 Å². The Labute approximate surface area is 184 Å². The van der Waals surface area contributed by atoms with E-state index in [4.69, 9.17) is 15.3 Å². The first kappa shape index (κ1) is 21.3. The van der Waals surface area contributed by atoms with Gasteiger partial charge >= 0.3 is 5.97 Å². The summed E-state index contributed by atoms with van der Waals surface area (Å²) in [4.78, 5) is 31.2. The normalized spacial score (nSPS) is 10.9. The molecular formula is C20H17FN6O4S. The molecule has 0 saturated carbocycles. The van der Waals surface area contributed by atoms with Crippen LogP contribution in [-0.4, -0.2) is 37.9 Å². The number of carbonyl (C=O) groups is 1. The zero-order valence-electron chi connectivity index (χ0n) is 16.7. The van der Waals surface area contributed by atoms with Crippen LogP contribution in [0.15, 0.2) is 52.4 Å². The number of nitrogens with two attached hydrogens (primary N) is 1. The number of rotatable bonds is 7. The van der Waals surface area contributed by atoms with Gasteiger partial charge in [-0.3, -0.25) is 4.79 Å². The van der Waals surface area contributed by atoms with Crippen LogP contribution < -0.4 is 16.1 Å². The van der Waals surface area contributed by atoms with Crippen LogP contribution in [0.25, 0.3) is 10.9 Å². The van der Waals surface area contributed by atoms with Crippen LogP contribution in [-0.2, 0) is 17.1 Å². The molecule has 4 aromatic rings. The lowest BCUT2D eigenvalue weighted by Crippen LogP contribution is -2.16. The van der Waals surface area contributed by atoms with Gasteiger partial charge in [0.2, 0.25) is 5.16 Å². The lowest BCUT2D eigenvalue weighted by atomic mass is 10.1. The highest BCUT2D eigenvalue weighted by molar-refractivity contribution is 7.98. The molecule has 4 rings (SSSR count). The highest BCUT2D eigenvalue weighted by Gasteiger charge is 2.14. The molecule has 0 amide bonds. The summed E-state index contributed by atoms with van der Waals surface area (Å²) in [6.45, 7) is 0.0387. The number of nitrogens with one attached hydrogen (secondary N) is 1. The van der Waals surface area contributed by atoms with E-state index in [1.54, 1.807) is 0 Å². The van der Waals surface area contributed by atoms with Gasteiger partial charge in [-0.1, -0.05) is 11.8 Å². The van der Waals surface area contributed by atoms with Crippen molar-refractivity contribution in [1.29, 1.82) is 0 Å². The molecule has 0 aliphatic rings. The molecule has 0 unspecified atom stereocenters. The second-order valence-electron chi connectivity index (χ2n) is 6.54. The summed E-state index contributed by atoms with van der Waals surface area (Å²) in [5.74, 6) is 6.61. The van der Waals surface area contributed by atoms with Crippen LogP contribution in [0.3, 0.4) is 0 Å². The molecule has 0 bridgehead atoms. The number of nitrogen functional groups attached to an aromatic ring is 1. The largest absolute Gasteiger partial charge is 0.486 e. The smallest absolute Gasteiger partial charge is 0.337 e. The molecular weight excluding hydrogens is 439 g/mol. The van der Waals surface area contributed by atoms with Gasteiger partial charge in [0.05, 0.1) is 29.3 Å². The highest BCUT2D eigenvalue weighted by Crippen LogP contribution is 2.20. The van der Waals surface area contributed by atoms with Gasteiger partial charge in [-0.25, -0.2) is 18.8 Å². The van der Waals surface area contributed by atoms with Crippen molar-refractivity contribution in [2.75, 3.05) is 13.0 Å². The van der Waals surface area contributed by atoms with Crippen molar-refractivity contribution >= 4 is 28.6 Å². The number of aromatic amines is 1. The van der Waals surface area contributed by atoms with Crippen molar-refractivity contribution in [3.63, 3.8) is 0 Å². The molecule has 2 heterocycles. The summed E-state index contributed by atoms with van der Waals surface area (Å²) < 4.78 is 24.5. The molecule has 12 heteroatoms. The van der Waals surface area contributed by atoms with Crippen LogP contribution in [0.5, 0.6) is 5.75 Å². The maximum atomic E-state index is 13.0. The van der Waals surface area contributed by atoms with E-state index in [9.17, 15) is 14.0 Å². The number of esters is 1. The Bertz CT molecular complexity index is 1340. The van der Waals surface area contributed by atoms with Gasteiger partial charge in [0.1, 0.15) is 24.0 Å². The fourth-order valence-corrected chi connectivity index (χ4v) is 3.56. The predicted molar refractivity (Wildman–Crippen MR) is 114 cm³/mol. The minimum absolute atomic E-state index is 0.0387. The number of carbonyl (C=O) groups excluding carboxylic acids is 1. The number of nitrogens with zero attached hydrogens (tertiary/aromatic N) is 4. The second-order valence-corrected chi connectivity index (χ2v) is 7.48. The van der Waals surface area contributed by atoms with Crippen LogP contribution in [0.4, 0.5) is 4.39 Å². The molecule has 0 atom stereocenters. The van der Waals surface area contributed by atoms with Crippen LogP contribution in [0.1, 0.15) is 22.0 Å². The topological polar surface area (TPSA) is 138 Å². The Hall–Kier alpha value is -3.93. The van der Waals surface area contributed by atoms with E-state index in [1.807, 2.05) is 0 Å². The fourth-order valence-electron chi connectivity index (χ4n) is 2.82. The number of ether oxygens (including phenoxy) is 2. The van der Waals surface area contributed by atoms with Crippen LogP contribution >= 0.6 is 11.8 Å². The van der Waals surface area contributed by atoms with Gasteiger partial charge in [-0.05, 0) is 42.5 Å². The number of methoxy groups -OCH3 is 1. The average Bonchev–Trinajstić information content (AvgIpc) is 3.15. The maximum absolute atomic E-state index is 13.0. The Balaban J connectivity index is 1.46. The van der Waals surface area contributed by atoms with Crippen molar-refractivity contribution < 1.29 is 18.7 Å². The quantitative estimate of drug-likeness (QED) is 0.243. The maximum Gasteiger partial charge on any atom is 0.337 e. The number of hydrogen-bond acceptors (Lipinski definition) is 9. The minimum atomic E-state index is -0.517. The summed E-state index contributed by atoms with van der Waals surface area (Å²) in [6, 6.07) is 10.1. The third-order valence-electron chi connectivity index (χ3n) is 4.43. The van der Waals surface area contributed by atoms with E-state index in [-0.39, 0.29) is 23.7 Å². The van der Waals surface area contributed by atoms with E-state index in [2.05, 4.69) is 20.2 Å². The summed E-state index contributed by atoms with van der Waals surface area (Å²) >= 11 is 1.21. The van der Waals surface area contributed by atoms with Crippen LogP contribution in [0.2, 0.25) is 0 Å². The summed E-state index contributed by atoms with van der Waals surface area (Å²) in [7, 11) is 1.28. The number of benzene rings is 2. The summed E-state index contributed by atoms with van der Waals surface area (Å²) in [5.41, 5.74) is 0.337. The van der Waals surface area contributed by atoms with E-state index >= 15 is 0 Å². The molecule has 32 heavy (non-hydrogen) atoms. The minimum Gasteiger partial charge on any atom is -0.486 e. The standard InChI is InChI=1S/C20H17FN6O4S/c1-30-19(29)11-2-7-14-15(8-11)23-16(24-18(14)28)10-32-20-26-25-17(27(20)22)9-31-13-5-3-12(21)4-6-13/h2-8H,9-10,22H2,1H3,(H,23,24,28). The Kier molecular flexibility index (Phi) is 6.03. The van der Waals surface area contributed by atoms with Crippen molar-refractivity contribution in [3.05, 3.63) is 75.8 Å². The molecule has 10 nitrogen and oxygen atoms in total. The number of hydrogen-bond donors (Lipinski definition) is 2. The Morgan fingerprint density at radius 2 is 2.00 bits per heavy atom. The number of aromatic nitrogens is 5. The zero-order valence-corrected chi connectivity index (χ0v) is 17.6. The van der Waals surface area contributed by atoms with Gasteiger partial charge in [-0.2, -0.15) is 0 Å². The molecule has 0 aliphatic heterocycles. The molecule has 0 spiro atoms. The summed E-state index contributed by atoms with van der Waals surface area (Å²) in [6.07, 6.45) is 0. The zero-order chi connectivity index (χ0) is 22.7. The lowest BCUT2D eigenvalue weighted by Gasteiger charge is -2.07. The molecule has 0 aliphatic carbocycles. The lowest BCUT2D eigenvalue weighted by molar-refractivity contribution is 0.0601.